The molecule has 84 valence electrons. The van der Waals surface area contributed by atoms with Gasteiger partial charge in [-0.1, -0.05) is 39.0 Å². The Labute approximate surface area is 87.7 Å². The van der Waals surface area contributed by atoms with Crippen LogP contribution in [0, 0.1) is 11.8 Å². The van der Waals surface area contributed by atoms with Gasteiger partial charge in [-0.3, -0.25) is 0 Å². The van der Waals surface area contributed by atoms with Crippen molar-refractivity contribution in [1.29, 1.82) is 0 Å². The fourth-order valence-electron chi connectivity index (χ4n) is 2.74. The molecular weight excluding hydrogens is 176 g/mol. The second kappa shape index (κ2) is 6.41. The van der Waals surface area contributed by atoms with Crippen molar-refractivity contribution >= 4 is 0 Å². The molecule has 1 aliphatic rings. The quantitative estimate of drug-likeness (QED) is 0.739. The van der Waals surface area contributed by atoms with Crippen molar-refractivity contribution in [3.8, 4) is 0 Å². The van der Waals surface area contributed by atoms with E-state index in [0.29, 0.717) is 6.61 Å². The van der Waals surface area contributed by atoms with E-state index in [4.69, 9.17) is 4.74 Å². The van der Waals surface area contributed by atoms with Crippen molar-refractivity contribution < 1.29 is 9.84 Å². The third-order valence-electron chi connectivity index (χ3n) is 3.52. The minimum atomic E-state index is -0.253. The third-order valence-corrected chi connectivity index (χ3v) is 3.52. The summed E-state index contributed by atoms with van der Waals surface area (Å²) in [5.41, 5.74) is 0. The Morgan fingerprint density at radius 2 is 1.93 bits per heavy atom. The summed E-state index contributed by atoms with van der Waals surface area (Å²) < 4.78 is 4.96. The molecule has 0 aromatic carbocycles. The smallest absolute Gasteiger partial charge is 0.0776 e. The molecule has 0 aromatic heterocycles. The summed E-state index contributed by atoms with van der Waals surface area (Å²) in [6.45, 7) is 2.76. The molecule has 0 aliphatic heterocycles. The minimum Gasteiger partial charge on any atom is -0.391 e. The number of hydrogen-bond donors (Lipinski definition) is 1. The first kappa shape index (κ1) is 12.0. The lowest BCUT2D eigenvalue weighted by molar-refractivity contribution is 0.0340. The largest absolute Gasteiger partial charge is 0.391 e. The van der Waals surface area contributed by atoms with E-state index in [0.717, 1.165) is 18.3 Å². The molecule has 1 rings (SSSR count). The van der Waals surface area contributed by atoms with Crippen molar-refractivity contribution in [3.05, 3.63) is 0 Å². The molecule has 1 saturated carbocycles. The summed E-state index contributed by atoms with van der Waals surface area (Å²) in [7, 11) is 1.65. The molecule has 3 unspecified atom stereocenters. The van der Waals surface area contributed by atoms with Gasteiger partial charge in [0.05, 0.1) is 12.7 Å². The molecule has 2 nitrogen and oxygen atoms in total. The second-order valence-corrected chi connectivity index (χ2v) is 4.56. The molecule has 0 heterocycles. The zero-order valence-electron chi connectivity index (χ0n) is 9.54. The monoisotopic (exact) mass is 200 g/mol. The Kier molecular flexibility index (Phi) is 5.49. The van der Waals surface area contributed by atoms with Crippen LogP contribution in [0.2, 0.25) is 0 Å². The first-order chi connectivity index (χ1) is 6.77. The first-order valence-corrected chi connectivity index (χ1v) is 5.95. The SMILES string of the molecule is CCC1CCCCC1CC(O)COC. The predicted octanol–water partition coefficient (Wildman–Crippen LogP) is 2.60. The summed E-state index contributed by atoms with van der Waals surface area (Å²) in [5, 5.41) is 9.69. The first-order valence-electron chi connectivity index (χ1n) is 5.95. The van der Waals surface area contributed by atoms with Crippen LogP contribution in [0.3, 0.4) is 0 Å². The van der Waals surface area contributed by atoms with Crippen molar-refractivity contribution in [2.45, 2.75) is 51.6 Å². The van der Waals surface area contributed by atoms with E-state index < -0.39 is 0 Å². The molecule has 0 bridgehead atoms. The molecule has 14 heavy (non-hydrogen) atoms. The van der Waals surface area contributed by atoms with Gasteiger partial charge in [0.2, 0.25) is 0 Å². The summed E-state index contributed by atoms with van der Waals surface area (Å²) >= 11 is 0. The maximum absolute atomic E-state index is 9.69. The summed E-state index contributed by atoms with van der Waals surface area (Å²) in [6.07, 6.45) is 7.35. The molecule has 2 heteroatoms. The van der Waals surface area contributed by atoms with E-state index in [-0.39, 0.29) is 6.10 Å². The van der Waals surface area contributed by atoms with Crippen LogP contribution < -0.4 is 0 Å². The molecule has 0 saturated heterocycles. The maximum Gasteiger partial charge on any atom is 0.0776 e. The zero-order valence-corrected chi connectivity index (χ0v) is 9.54. The average Bonchev–Trinajstić information content (AvgIpc) is 2.19. The van der Waals surface area contributed by atoms with Crippen LogP contribution in [0.1, 0.15) is 45.4 Å². The van der Waals surface area contributed by atoms with Crippen LogP contribution >= 0.6 is 0 Å². The molecule has 0 radical (unpaired) electrons. The van der Waals surface area contributed by atoms with Gasteiger partial charge in [-0.25, -0.2) is 0 Å². The number of aliphatic hydroxyl groups is 1. The molecule has 3 atom stereocenters. The summed E-state index contributed by atoms with van der Waals surface area (Å²) in [5.74, 6) is 1.58. The predicted molar refractivity (Wildman–Crippen MR) is 58.2 cm³/mol. The fourth-order valence-corrected chi connectivity index (χ4v) is 2.74. The van der Waals surface area contributed by atoms with Crippen molar-refractivity contribution in [2.24, 2.45) is 11.8 Å². The highest BCUT2D eigenvalue weighted by molar-refractivity contribution is 4.76. The fraction of sp³-hybridized carbons (Fsp3) is 1.00. The average molecular weight is 200 g/mol. The van der Waals surface area contributed by atoms with Crippen molar-refractivity contribution in [2.75, 3.05) is 13.7 Å². The Hall–Kier alpha value is -0.0800. The molecule has 0 spiro atoms. The van der Waals surface area contributed by atoms with Gasteiger partial charge in [-0.05, 0) is 18.3 Å². The van der Waals surface area contributed by atoms with E-state index in [1.165, 1.54) is 32.1 Å². The Bertz CT molecular complexity index is 147. The third kappa shape index (κ3) is 3.58. The van der Waals surface area contributed by atoms with Crippen LogP contribution in [0.4, 0.5) is 0 Å². The molecule has 1 fully saturated rings. The highest BCUT2D eigenvalue weighted by Gasteiger charge is 2.25. The Morgan fingerprint density at radius 3 is 2.50 bits per heavy atom. The number of rotatable bonds is 5. The molecule has 1 aliphatic carbocycles. The zero-order chi connectivity index (χ0) is 10.4. The normalized spacial score (nSPS) is 30.2. The van der Waals surface area contributed by atoms with Gasteiger partial charge in [0.15, 0.2) is 0 Å². The lowest BCUT2D eigenvalue weighted by atomic mass is 9.75. The minimum absolute atomic E-state index is 0.253. The Balaban J connectivity index is 2.32. The van der Waals surface area contributed by atoms with Gasteiger partial charge in [-0.15, -0.1) is 0 Å². The van der Waals surface area contributed by atoms with Gasteiger partial charge in [0, 0.05) is 7.11 Å². The van der Waals surface area contributed by atoms with Gasteiger partial charge in [-0.2, -0.15) is 0 Å². The van der Waals surface area contributed by atoms with Crippen molar-refractivity contribution in [3.63, 3.8) is 0 Å². The molecule has 1 N–H and O–H groups in total. The maximum atomic E-state index is 9.69. The number of methoxy groups -OCH3 is 1. The highest BCUT2D eigenvalue weighted by Crippen LogP contribution is 2.35. The lowest BCUT2D eigenvalue weighted by Crippen LogP contribution is -2.26. The molecule has 0 aromatic rings. The standard InChI is InChI=1S/C12H24O2/c1-3-10-6-4-5-7-11(10)8-12(13)9-14-2/h10-13H,3-9H2,1-2H3. The summed E-state index contributed by atoms with van der Waals surface area (Å²) in [6, 6.07) is 0. The van der Waals surface area contributed by atoms with Gasteiger partial charge < -0.3 is 9.84 Å². The molecular formula is C12H24O2. The van der Waals surface area contributed by atoms with Crippen LogP contribution in [0.5, 0.6) is 0 Å². The highest BCUT2D eigenvalue weighted by atomic mass is 16.5. The van der Waals surface area contributed by atoms with E-state index in [2.05, 4.69) is 6.92 Å². The second-order valence-electron chi connectivity index (χ2n) is 4.56. The van der Waals surface area contributed by atoms with E-state index >= 15 is 0 Å². The topological polar surface area (TPSA) is 29.5 Å². The van der Waals surface area contributed by atoms with Gasteiger partial charge in [0.25, 0.3) is 0 Å². The van der Waals surface area contributed by atoms with E-state index in [1.54, 1.807) is 7.11 Å². The van der Waals surface area contributed by atoms with Crippen LogP contribution in [0.15, 0.2) is 0 Å². The lowest BCUT2D eigenvalue weighted by Gasteiger charge is -2.32. The van der Waals surface area contributed by atoms with Crippen molar-refractivity contribution in [1.82, 2.24) is 0 Å². The summed E-state index contributed by atoms with van der Waals surface area (Å²) in [4.78, 5) is 0. The number of ether oxygens (including phenoxy) is 1. The molecule has 0 amide bonds. The van der Waals surface area contributed by atoms with E-state index in [9.17, 15) is 5.11 Å². The Morgan fingerprint density at radius 1 is 1.29 bits per heavy atom. The van der Waals surface area contributed by atoms with Gasteiger partial charge in [0.1, 0.15) is 0 Å². The van der Waals surface area contributed by atoms with Crippen LogP contribution in [-0.4, -0.2) is 24.9 Å². The van der Waals surface area contributed by atoms with Crippen LogP contribution in [-0.2, 0) is 4.74 Å². The van der Waals surface area contributed by atoms with Gasteiger partial charge >= 0.3 is 0 Å². The number of aliphatic hydroxyl groups excluding tert-OH is 1. The van der Waals surface area contributed by atoms with E-state index in [1.807, 2.05) is 0 Å². The van der Waals surface area contributed by atoms with Crippen LogP contribution in [0.25, 0.3) is 0 Å². The number of hydrogen-bond acceptors (Lipinski definition) is 2.